The van der Waals surface area contributed by atoms with E-state index in [0.717, 1.165) is 6.07 Å². The summed E-state index contributed by atoms with van der Waals surface area (Å²) in [7, 11) is 0. The van der Waals surface area contributed by atoms with Crippen LogP contribution in [0.5, 0.6) is 0 Å². The van der Waals surface area contributed by atoms with Crippen LogP contribution in [0.2, 0.25) is 0 Å². The van der Waals surface area contributed by atoms with Crippen molar-refractivity contribution >= 4 is 11.8 Å². The smallest absolute Gasteiger partial charge is 0.395 e. The standard InChI is InChI=1S/C9H12N2O5/c1-2-6(5-12)10-9(13)7-3-4-8(16-7)11(14)15/h3-4,6,12H,2,5H2,1H3,(H,10,13)/t6-/m1/s1. The molecule has 1 rings (SSSR count). The maximum atomic E-state index is 11.5. The molecule has 1 aromatic rings. The van der Waals surface area contributed by atoms with Crippen LogP contribution >= 0.6 is 0 Å². The van der Waals surface area contributed by atoms with Gasteiger partial charge in [0.05, 0.1) is 18.7 Å². The average molecular weight is 228 g/mol. The molecule has 1 aromatic heterocycles. The number of hydrogen-bond acceptors (Lipinski definition) is 5. The summed E-state index contributed by atoms with van der Waals surface area (Å²) in [5, 5.41) is 21.7. The van der Waals surface area contributed by atoms with Crippen molar-refractivity contribution in [2.45, 2.75) is 19.4 Å². The van der Waals surface area contributed by atoms with Crippen LogP contribution in [0, 0.1) is 10.1 Å². The number of carbonyl (C=O) groups excluding carboxylic acids is 1. The highest BCUT2D eigenvalue weighted by molar-refractivity contribution is 5.91. The van der Waals surface area contributed by atoms with E-state index in [1.165, 1.54) is 6.07 Å². The number of carbonyl (C=O) groups is 1. The van der Waals surface area contributed by atoms with Crippen LogP contribution in [0.25, 0.3) is 0 Å². The monoisotopic (exact) mass is 228 g/mol. The summed E-state index contributed by atoms with van der Waals surface area (Å²) >= 11 is 0. The Labute approximate surface area is 91.2 Å². The number of hydrogen-bond donors (Lipinski definition) is 2. The minimum atomic E-state index is -0.722. The zero-order valence-electron chi connectivity index (χ0n) is 8.67. The first kappa shape index (κ1) is 12.2. The van der Waals surface area contributed by atoms with E-state index in [4.69, 9.17) is 9.52 Å². The molecule has 1 atom stereocenters. The van der Waals surface area contributed by atoms with Crippen LogP contribution in [0.1, 0.15) is 23.9 Å². The van der Waals surface area contributed by atoms with Gasteiger partial charge in [0.15, 0.2) is 5.76 Å². The molecule has 1 heterocycles. The molecule has 0 aliphatic rings. The highest BCUT2D eigenvalue weighted by Crippen LogP contribution is 2.15. The van der Waals surface area contributed by atoms with Gasteiger partial charge in [-0.3, -0.25) is 14.9 Å². The number of nitrogens with zero attached hydrogens (tertiary/aromatic N) is 1. The lowest BCUT2D eigenvalue weighted by atomic mass is 10.2. The molecule has 0 bridgehead atoms. The number of nitro groups is 1. The van der Waals surface area contributed by atoms with Crippen LogP contribution < -0.4 is 5.32 Å². The third kappa shape index (κ3) is 2.80. The average Bonchev–Trinajstić information content (AvgIpc) is 2.74. The minimum Gasteiger partial charge on any atom is -0.395 e. The molecule has 7 nitrogen and oxygen atoms in total. The molecule has 0 aliphatic carbocycles. The summed E-state index contributed by atoms with van der Waals surface area (Å²) in [5.74, 6) is -1.20. The molecule has 0 unspecified atom stereocenters. The fourth-order valence-electron chi connectivity index (χ4n) is 1.08. The lowest BCUT2D eigenvalue weighted by Crippen LogP contribution is -2.36. The molecule has 0 radical (unpaired) electrons. The van der Waals surface area contributed by atoms with Crippen LogP contribution in [-0.2, 0) is 0 Å². The van der Waals surface area contributed by atoms with Gasteiger partial charge in [-0.2, -0.15) is 0 Å². The number of aliphatic hydroxyl groups excluding tert-OH is 1. The summed E-state index contributed by atoms with van der Waals surface area (Å²) in [5.41, 5.74) is 0. The Hall–Kier alpha value is -1.89. The summed E-state index contributed by atoms with van der Waals surface area (Å²) in [4.78, 5) is 21.1. The normalized spacial score (nSPS) is 12.1. The molecule has 0 fully saturated rings. The van der Waals surface area contributed by atoms with Crippen LogP contribution in [0.3, 0.4) is 0 Å². The Kier molecular flexibility index (Phi) is 4.01. The Balaban J connectivity index is 2.69. The largest absolute Gasteiger partial charge is 0.433 e. The van der Waals surface area contributed by atoms with Gasteiger partial charge in [0, 0.05) is 0 Å². The van der Waals surface area contributed by atoms with Gasteiger partial charge in [-0.1, -0.05) is 6.92 Å². The SMILES string of the molecule is CC[C@H](CO)NC(=O)c1ccc([N+](=O)[O-])o1. The molecule has 0 aliphatic heterocycles. The van der Waals surface area contributed by atoms with Gasteiger partial charge >= 0.3 is 5.88 Å². The van der Waals surface area contributed by atoms with Gasteiger partial charge in [-0.15, -0.1) is 0 Å². The van der Waals surface area contributed by atoms with Gasteiger partial charge in [0.2, 0.25) is 0 Å². The van der Waals surface area contributed by atoms with Crippen molar-refractivity contribution < 1.29 is 19.2 Å². The number of rotatable bonds is 5. The molecule has 1 amide bonds. The van der Waals surface area contributed by atoms with Gasteiger partial charge in [-0.05, 0) is 12.5 Å². The van der Waals surface area contributed by atoms with Crippen molar-refractivity contribution in [1.29, 1.82) is 0 Å². The van der Waals surface area contributed by atoms with E-state index in [2.05, 4.69) is 5.32 Å². The van der Waals surface area contributed by atoms with Crippen molar-refractivity contribution in [1.82, 2.24) is 5.32 Å². The molecule has 0 saturated heterocycles. The van der Waals surface area contributed by atoms with Crippen molar-refractivity contribution in [3.05, 3.63) is 28.0 Å². The minimum absolute atomic E-state index is 0.140. The second kappa shape index (κ2) is 5.26. The maximum Gasteiger partial charge on any atom is 0.433 e. The van der Waals surface area contributed by atoms with E-state index in [0.29, 0.717) is 6.42 Å². The molecule has 16 heavy (non-hydrogen) atoms. The van der Waals surface area contributed by atoms with Crippen LogP contribution in [-0.4, -0.2) is 28.6 Å². The van der Waals surface area contributed by atoms with E-state index in [1.54, 1.807) is 6.92 Å². The highest BCUT2D eigenvalue weighted by atomic mass is 16.6. The van der Waals surface area contributed by atoms with Crippen molar-refractivity contribution in [2.75, 3.05) is 6.61 Å². The van der Waals surface area contributed by atoms with Gasteiger partial charge in [0.1, 0.15) is 4.92 Å². The Bertz CT molecular complexity index is 383. The van der Waals surface area contributed by atoms with E-state index in [9.17, 15) is 14.9 Å². The summed E-state index contributed by atoms with van der Waals surface area (Å²) in [6.07, 6.45) is 0.561. The quantitative estimate of drug-likeness (QED) is 0.569. The van der Waals surface area contributed by atoms with E-state index >= 15 is 0 Å². The molecule has 88 valence electrons. The molecule has 0 spiro atoms. The van der Waals surface area contributed by atoms with Crippen molar-refractivity contribution in [3.63, 3.8) is 0 Å². The lowest BCUT2D eigenvalue weighted by molar-refractivity contribution is -0.402. The zero-order valence-corrected chi connectivity index (χ0v) is 8.67. The highest BCUT2D eigenvalue weighted by Gasteiger charge is 2.18. The number of amides is 1. The number of nitrogens with one attached hydrogen (secondary N) is 1. The Morgan fingerprint density at radius 1 is 1.69 bits per heavy atom. The third-order valence-electron chi connectivity index (χ3n) is 2.04. The zero-order chi connectivity index (χ0) is 12.1. The van der Waals surface area contributed by atoms with Crippen molar-refractivity contribution in [3.8, 4) is 0 Å². The van der Waals surface area contributed by atoms with E-state index in [-0.39, 0.29) is 18.4 Å². The van der Waals surface area contributed by atoms with Gasteiger partial charge in [-0.25, -0.2) is 0 Å². The first-order valence-corrected chi connectivity index (χ1v) is 4.74. The summed E-state index contributed by atoms with van der Waals surface area (Å²) in [6.45, 7) is 1.61. The fraction of sp³-hybridized carbons (Fsp3) is 0.444. The van der Waals surface area contributed by atoms with Gasteiger partial charge in [0.25, 0.3) is 5.91 Å². The second-order valence-electron chi connectivity index (χ2n) is 3.16. The maximum absolute atomic E-state index is 11.5. The molecule has 7 heteroatoms. The number of furan rings is 1. The Morgan fingerprint density at radius 2 is 2.38 bits per heavy atom. The first-order chi connectivity index (χ1) is 7.58. The number of aliphatic hydroxyl groups is 1. The first-order valence-electron chi connectivity index (χ1n) is 4.74. The summed E-state index contributed by atoms with van der Waals surface area (Å²) < 4.78 is 4.70. The predicted octanol–water partition coefficient (Wildman–Crippen LogP) is 0.689. The summed E-state index contributed by atoms with van der Waals surface area (Å²) in [6, 6.07) is 1.95. The third-order valence-corrected chi connectivity index (χ3v) is 2.04. The second-order valence-corrected chi connectivity index (χ2v) is 3.16. The fourth-order valence-corrected chi connectivity index (χ4v) is 1.08. The lowest BCUT2D eigenvalue weighted by Gasteiger charge is -2.12. The van der Waals surface area contributed by atoms with Crippen LogP contribution in [0.4, 0.5) is 5.88 Å². The topological polar surface area (TPSA) is 106 Å². The molecule has 0 saturated carbocycles. The van der Waals surface area contributed by atoms with E-state index in [1.807, 2.05) is 0 Å². The molecule has 2 N–H and O–H groups in total. The predicted molar refractivity (Wildman–Crippen MR) is 54.0 cm³/mol. The van der Waals surface area contributed by atoms with E-state index < -0.39 is 16.7 Å². The van der Waals surface area contributed by atoms with Crippen LogP contribution in [0.15, 0.2) is 16.5 Å². The molecular weight excluding hydrogens is 216 g/mol. The molecular formula is C9H12N2O5. The van der Waals surface area contributed by atoms with Crippen molar-refractivity contribution in [2.24, 2.45) is 0 Å². The van der Waals surface area contributed by atoms with Gasteiger partial charge < -0.3 is 14.8 Å². The molecule has 0 aromatic carbocycles. The Morgan fingerprint density at radius 3 is 2.81 bits per heavy atom.